The van der Waals surface area contributed by atoms with E-state index in [1.165, 1.54) is 20.4 Å². The van der Waals surface area contributed by atoms with Crippen molar-refractivity contribution in [2.75, 3.05) is 26.2 Å². The number of hydrogen-bond acceptors (Lipinski definition) is 10. The Bertz CT molecular complexity index is 1200. The summed E-state index contributed by atoms with van der Waals surface area (Å²) in [5.41, 5.74) is 1.56. The zero-order valence-corrected chi connectivity index (χ0v) is 19.8. The van der Waals surface area contributed by atoms with Crippen molar-refractivity contribution in [3.8, 4) is 40.2 Å². The molecule has 3 aromatic rings. The van der Waals surface area contributed by atoms with Crippen LogP contribution >= 0.6 is 0 Å². The van der Waals surface area contributed by atoms with Gasteiger partial charge in [0, 0.05) is 24.7 Å². The minimum atomic E-state index is -0.978. The average Bonchev–Trinajstić information content (AvgIpc) is 2.90. The van der Waals surface area contributed by atoms with Crippen LogP contribution in [0.2, 0.25) is 0 Å². The standard InChI is InChI=1S/C24H28FN7O3/c1-32(18-10-14-5-4-6-16(28-14)21(18)25)20-12-26-22(31-30-20)15-8-7-13(9-19(15)33)17-11-27-23(34-2)24(29-17)35-3/h7-9,11-12,14,16,18,21,28,33H,4-6,10H2,1-3H3/t14-,16-,18+,21-/m0/s1. The molecule has 10 nitrogen and oxygen atoms in total. The third-order valence-electron chi connectivity index (χ3n) is 6.83. The van der Waals surface area contributed by atoms with Crippen LogP contribution in [0.3, 0.4) is 0 Å². The van der Waals surface area contributed by atoms with Crippen LogP contribution in [0.5, 0.6) is 17.5 Å². The first-order valence-electron chi connectivity index (χ1n) is 11.6. The molecule has 2 aliphatic rings. The fraction of sp³-hybridized carbons (Fsp3) is 0.458. The minimum Gasteiger partial charge on any atom is -0.507 e. The van der Waals surface area contributed by atoms with E-state index in [2.05, 4.69) is 30.5 Å². The van der Waals surface area contributed by atoms with Gasteiger partial charge in [-0.3, -0.25) is 0 Å². The molecule has 11 heteroatoms. The monoisotopic (exact) mass is 481 g/mol. The van der Waals surface area contributed by atoms with E-state index in [0.29, 0.717) is 28.7 Å². The normalized spacial score (nSPS) is 23.5. The number of nitrogens with zero attached hydrogens (tertiary/aromatic N) is 6. The molecule has 0 spiro atoms. The van der Waals surface area contributed by atoms with E-state index in [4.69, 9.17) is 9.47 Å². The Morgan fingerprint density at radius 2 is 1.91 bits per heavy atom. The molecule has 5 rings (SSSR count). The molecule has 0 unspecified atom stereocenters. The number of rotatable bonds is 6. The van der Waals surface area contributed by atoms with Crippen LogP contribution in [-0.2, 0) is 0 Å². The molecule has 0 saturated carbocycles. The van der Waals surface area contributed by atoms with E-state index < -0.39 is 6.17 Å². The number of ether oxygens (including phenoxy) is 2. The van der Waals surface area contributed by atoms with E-state index in [9.17, 15) is 5.11 Å². The van der Waals surface area contributed by atoms with Crippen LogP contribution in [-0.4, -0.2) is 75.8 Å². The topological polar surface area (TPSA) is 118 Å². The van der Waals surface area contributed by atoms with Gasteiger partial charge in [0.15, 0.2) is 11.6 Å². The summed E-state index contributed by atoms with van der Waals surface area (Å²) in [5, 5.41) is 22.6. The Kier molecular flexibility index (Phi) is 6.33. The van der Waals surface area contributed by atoms with Gasteiger partial charge < -0.3 is 24.8 Å². The molecular formula is C24H28FN7O3. The van der Waals surface area contributed by atoms with Gasteiger partial charge in [-0.05, 0) is 31.4 Å². The maximum Gasteiger partial charge on any atom is 0.278 e. The molecule has 2 aromatic heterocycles. The predicted octanol–water partition coefficient (Wildman–Crippen LogP) is 2.78. The lowest BCUT2D eigenvalue weighted by Gasteiger charge is -2.45. The van der Waals surface area contributed by atoms with Crippen LogP contribution in [0.15, 0.2) is 30.6 Å². The highest BCUT2D eigenvalue weighted by molar-refractivity contribution is 5.71. The smallest absolute Gasteiger partial charge is 0.278 e. The highest BCUT2D eigenvalue weighted by atomic mass is 19.1. The molecule has 2 saturated heterocycles. The summed E-state index contributed by atoms with van der Waals surface area (Å²) >= 11 is 0. The van der Waals surface area contributed by atoms with Gasteiger partial charge >= 0.3 is 0 Å². The number of phenols is 1. The molecule has 0 aliphatic carbocycles. The number of nitrogens with one attached hydrogen (secondary N) is 1. The lowest BCUT2D eigenvalue weighted by Crippen LogP contribution is -2.61. The van der Waals surface area contributed by atoms with Gasteiger partial charge in [-0.25, -0.2) is 19.3 Å². The molecule has 35 heavy (non-hydrogen) atoms. The molecule has 2 bridgehead atoms. The van der Waals surface area contributed by atoms with Crippen molar-refractivity contribution in [2.24, 2.45) is 0 Å². The Morgan fingerprint density at radius 3 is 2.63 bits per heavy atom. The van der Waals surface area contributed by atoms with Gasteiger partial charge in [0.1, 0.15) is 11.9 Å². The zero-order chi connectivity index (χ0) is 24.5. The maximum atomic E-state index is 15.1. The SMILES string of the molecule is COc1ncc(-c2ccc(-c3ncc(N(C)[C@@H]4C[C@@H]5CCC[C@H](N5)[C@@H]4F)nn3)c(O)c2)nc1OC. The Hall–Kier alpha value is -3.60. The Morgan fingerprint density at radius 1 is 1.09 bits per heavy atom. The summed E-state index contributed by atoms with van der Waals surface area (Å²) in [6, 6.07) is 4.96. The van der Waals surface area contributed by atoms with Crippen molar-refractivity contribution in [1.82, 2.24) is 30.5 Å². The van der Waals surface area contributed by atoms with Crippen molar-refractivity contribution in [1.29, 1.82) is 0 Å². The van der Waals surface area contributed by atoms with Crippen LogP contribution in [0.25, 0.3) is 22.6 Å². The average molecular weight is 482 g/mol. The van der Waals surface area contributed by atoms with Gasteiger partial charge in [-0.1, -0.05) is 12.5 Å². The second-order valence-electron chi connectivity index (χ2n) is 8.91. The predicted molar refractivity (Wildman–Crippen MR) is 127 cm³/mol. The third kappa shape index (κ3) is 4.43. The molecule has 1 aromatic carbocycles. The number of anilines is 1. The van der Waals surface area contributed by atoms with E-state index in [-0.39, 0.29) is 35.4 Å². The zero-order valence-electron chi connectivity index (χ0n) is 19.8. The first kappa shape index (κ1) is 23.2. The first-order chi connectivity index (χ1) is 17.0. The number of piperidine rings is 2. The minimum absolute atomic E-state index is 0.0306. The number of aromatic nitrogens is 5. The maximum absolute atomic E-state index is 15.1. The molecule has 0 amide bonds. The van der Waals surface area contributed by atoms with E-state index >= 15 is 4.39 Å². The summed E-state index contributed by atoms with van der Waals surface area (Å²) in [6.07, 6.45) is 5.84. The second-order valence-corrected chi connectivity index (χ2v) is 8.91. The number of alkyl halides is 1. The molecule has 4 heterocycles. The lowest BCUT2D eigenvalue weighted by molar-refractivity contribution is 0.107. The molecule has 0 radical (unpaired) electrons. The number of hydrogen-bond donors (Lipinski definition) is 2. The molecule has 2 aliphatic heterocycles. The van der Waals surface area contributed by atoms with Crippen LogP contribution in [0.1, 0.15) is 25.7 Å². The fourth-order valence-corrected chi connectivity index (χ4v) is 4.93. The summed E-state index contributed by atoms with van der Waals surface area (Å²) in [7, 11) is 4.80. The van der Waals surface area contributed by atoms with Crippen molar-refractivity contribution in [3.05, 3.63) is 30.6 Å². The number of aromatic hydroxyl groups is 1. The van der Waals surface area contributed by atoms with E-state index in [1.807, 2.05) is 11.9 Å². The van der Waals surface area contributed by atoms with Gasteiger partial charge in [0.05, 0.1) is 43.9 Å². The van der Waals surface area contributed by atoms with Crippen molar-refractivity contribution in [3.63, 3.8) is 0 Å². The molecule has 2 fully saturated rings. The largest absolute Gasteiger partial charge is 0.507 e. The molecule has 2 N–H and O–H groups in total. The third-order valence-corrected chi connectivity index (χ3v) is 6.83. The second kappa shape index (κ2) is 9.57. The summed E-state index contributed by atoms with van der Waals surface area (Å²) in [5.74, 6) is 1.25. The Balaban J connectivity index is 1.35. The van der Waals surface area contributed by atoms with Crippen molar-refractivity contribution < 1.29 is 19.0 Å². The van der Waals surface area contributed by atoms with Crippen LogP contribution in [0.4, 0.5) is 10.2 Å². The molecule has 4 atom stereocenters. The highest BCUT2D eigenvalue weighted by Gasteiger charge is 2.42. The van der Waals surface area contributed by atoms with Crippen molar-refractivity contribution in [2.45, 2.75) is 50.0 Å². The summed E-state index contributed by atoms with van der Waals surface area (Å²) < 4.78 is 25.4. The number of halogens is 1. The van der Waals surface area contributed by atoms with Gasteiger partial charge in [0.2, 0.25) is 0 Å². The van der Waals surface area contributed by atoms with Gasteiger partial charge in [0.25, 0.3) is 11.8 Å². The van der Waals surface area contributed by atoms with E-state index in [0.717, 1.165) is 25.7 Å². The van der Waals surface area contributed by atoms with Gasteiger partial charge in [-0.15, -0.1) is 10.2 Å². The number of methoxy groups -OCH3 is 2. The van der Waals surface area contributed by atoms with Crippen LogP contribution < -0.4 is 19.7 Å². The van der Waals surface area contributed by atoms with Crippen LogP contribution in [0, 0.1) is 0 Å². The number of benzene rings is 1. The van der Waals surface area contributed by atoms with Crippen molar-refractivity contribution >= 4 is 5.82 Å². The Labute approximate surface area is 202 Å². The first-order valence-corrected chi connectivity index (χ1v) is 11.6. The molecular weight excluding hydrogens is 453 g/mol. The van der Waals surface area contributed by atoms with Gasteiger partial charge in [-0.2, -0.15) is 0 Å². The quantitative estimate of drug-likeness (QED) is 0.544. The summed E-state index contributed by atoms with van der Waals surface area (Å²) in [6.45, 7) is 0. The number of phenolic OH excluding ortho intramolecular Hbond substituents is 1. The number of fused-ring (bicyclic) bond motifs is 2. The lowest BCUT2D eigenvalue weighted by atomic mass is 9.82. The highest BCUT2D eigenvalue weighted by Crippen LogP contribution is 2.34. The molecule has 184 valence electrons. The summed E-state index contributed by atoms with van der Waals surface area (Å²) in [4.78, 5) is 14.8. The fourth-order valence-electron chi connectivity index (χ4n) is 4.93. The van der Waals surface area contributed by atoms with E-state index in [1.54, 1.807) is 24.4 Å².